The van der Waals surface area contributed by atoms with Gasteiger partial charge in [-0.3, -0.25) is 5.41 Å². The molecule has 10 heavy (non-hydrogen) atoms. The van der Waals surface area contributed by atoms with E-state index in [4.69, 9.17) is 22.6 Å². The molecule has 0 aliphatic heterocycles. The van der Waals surface area contributed by atoms with Crippen molar-refractivity contribution in [3.05, 3.63) is 0 Å². The molecule has 0 bridgehead atoms. The van der Waals surface area contributed by atoms with Crippen LogP contribution < -0.4 is 17.2 Å². The number of aliphatic imine (C=N–C) groups is 1. The molecule has 0 saturated heterocycles. The zero-order valence-electron chi connectivity index (χ0n) is 4.90. The van der Waals surface area contributed by atoms with Crippen LogP contribution in [0.3, 0.4) is 0 Å². The van der Waals surface area contributed by atoms with Gasteiger partial charge >= 0.3 is 0 Å². The molecule has 64 valence electrons. The highest BCUT2D eigenvalue weighted by atomic mass is 35.5. The maximum Gasteiger partial charge on any atom is 0.215 e. The summed E-state index contributed by atoms with van der Waals surface area (Å²) in [7, 11) is 0. The fourth-order valence-electron chi connectivity index (χ4n) is 0.139. The van der Waals surface area contributed by atoms with Crippen molar-refractivity contribution >= 4 is 49.1 Å². The lowest BCUT2D eigenvalue weighted by molar-refractivity contribution is 1.35. The summed E-state index contributed by atoms with van der Waals surface area (Å²) in [5, 5.41) is 6.46. The Morgan fingerprint density at radius 2 is 1.30 bits per heavy atom. The fourth-order valence-corrected chi connectivity index (χ4v) is 0.139. The van der Waals surface area contributed by atoms with E-state index >= 15 is 0 Å². The van der Waals surface area contributed by atoms with Gasteiger partial charge in [-0.2, -0.15) is 4.99 Å². The van der Waals surface area contributed by atoms with Gasteiger partial charge in [0.1, 0.15) is 0 Å². The van der Waals surface area contributed by atoms with E-state index < -0.39 is 0 Å². The van der Waals surface area contributed by atoms with E-state index in [1.165, 1.54) is 0 Å². The lowest BCUT2D eigenvalue weighted by Crippen LogP contribution is -2.25. The van der Waals surface area contributed by atoms with Crippen LogP contribution in [0.5, 0.6) is 0 Å². The number of nitrogens with two attached hydrogens (primary N) is 3. The maximum atomic E-state index is 6.46. The highest BCUT2D eigenvalue weighted by Gasteiger charge is 1.78. The van der Waals surface area contributed by atoms with Gasteiger partial charge in [0, 0.05) is 0 Å². The van der Waals surface area contributed by atoms with Crippen LogP contribution in [-0.2, 0) is 0 Å². The molecule has 5 nitrogen and oxygen atoms in total. The smallest absolute Gasteiger partial charge is 0.215 e. The van der Waals surface area contributed by atoms with E-state index in [9.17, 15) is 0 Å². The minimum atomic E-state index is -0.375. The Hall–Kier alpha value is -0.390. The molecule has 0 aromatic heterocycles. The zero-order valence-corrected chi connectivity index (χ0v) is 7.35. The molecule has 0 fully saturated rings. The number of hydrogen-bond donors (Lipinski definition) is 4. The molecule has 0 saturated carbocycles. The average Bonchev–Trinajstić information content (AvgIpc) is 1.27. The molecule has 0 atom stereocenters. The molecule has 0 aliphatic carbocycles. The minimum Gasteiger partial charge on any atom is -0.370 e. The largest absolute Gasteiger partial charge is 0.370 e. The van der Waals surface area contributed by atoms with Crippen molar-refractivity contribution in [2.75, 3.05) is 0 Å². The monoisotopic (exact) mass is 209 g/mol. The van der Waals surface area contributed by atoms with Crippen molar-refractivity contribution in [1.29, 1.82) is 5.41 Å². The first-order chi connectivity index (χ1) is 3.13. The normalized spacial score (nSPS) is 5.20. The van der Waals surface area contributed by atoms with Gasteiger partial charge in [-0.25, -0.2) is 0 Å². The van der Waals surface area contributed by atoms with Crippen LogP contribution in [0.25, 0.3) is 0 Å². The molecule has 0 rings (SSSR count). The maximum absolute atomic E-state index is 6.46. The highest BCUT2D eigenvalue weighted by Crippen LogP contribution is 1.56. The summed E-state index contributed by atoms with van der Waals surface area (Å²) < 4.78 is 0. The molecule has 0 spiro atoms. The molecule has 0 amide bonds. The summed E-state index contributed by atoms with van der Waals surface area (Å²) in [6.07, 6.45) is 0. The second kappa shape index (κ2) is 11.4. The SMILES string of the molecule is Cl.Cl.Cl.N=C(N)N=C(N)N. The van der Waals surface area contributed by atoms with Crippen LogP contribution in [0.1, 0.15) is 0 Å². The number of hydrogen-bond acceptors (Lipinski definition) is 1. The van der Waals surface area contributed by atoms with Crippen molar-refractivity contribution in [3.8, 4) is 0 Å². The van der Waals surface area contributed by atoms with Crippen LogP contribution >= 0.6 is 37.2 Å². The van der Waals surface area contributed by atoms with Gasteiger partial charge in [0.2, 0.25) is 5.96 Å². The van der Waals surface area contributed by atoms with Crippen molar-refractivity contribution in [3.63, 3.8) is 0 Å². The summed E-state index contributed by atoms with van der Waals surface area (Å²) in [5.41, 5.74) is 14.3. The molecule has 0 aromatic rings. The van der Waals surface area contributed by atoms with Crippen molar-refractivity contribution in [1.82, 2.24) is 0 Å². The Kier molecular flexibility index (Phi) is 25.8. The Morgan fingerprint density at radius 3 is 1.30 bits per heavy atom. The third kappa shape index (κ3) is 25.5. The lowest BCUT2D eigenvalue weighted by atomic mass is 11.0. The lowest BCUT2D eigenvalue weighted by Gasteiger charge is -1.84. The quantitative estimate of drug-likeness (QED) is 0.317. The summed E-state index contributed by atoms with van der Waals surface area (Å²) in [6.45, 7) is 0. The number of halogens is 3. The zero-order chi connectivity index (χ0) is 5.86. The highest BCUT2D eigenvalue weighted by molar-refractivity contribution is 5.90. The van der Waals surface area contributed by atoms with Crippen molar-refractivity contribution in [2.24, 2.45) is 22.2 Å². The molecule has 8 heteroatoms. The number of rotatable bonds is 0. The van der Waals surface area contributed by atoms with Crippen molar-refractivity contribution in [2.45, 2.75) is 0 Å². The molecule has 7 N–H and O–H groups in total. The van der Waals surface area contributed by atoms with E-state index in [0.29, 0.717) is 0 Å². The van der Waals surface area contributed by atoms with Crippen molar-refractivity contribution < 1.29 is 0 Å². The minimum absolute atomic E-state index is 0. The summed E-state index contributed by atoms with van der Waals surface area (Å²) in [4.78, 5) is 3.11. The van der Waals surface area contributed by atoms with Crippen LogP contribution in [0.4, 0.5) is 0 Å². The van der Waals surface area contributed by atoms with Gasteiger partial charge < -0.3 is 17.2 Å². The third-order valence-corrected chi connectivity index (χ3v) is 0.250. The average molecular weight is 210 g/mol. The van der Waals surface area contributed by atoms with Crippen LogP contribution in [-0.4, -0.2) is 11.9 Å². The van der Waals surface area contributed by atoms with Gasteiger partial charge in [-0.05, 0) is 0 Å². The molecular weight excluding hydrogens is 200 g/mol. The fraction of sp³-hybridized carbons (Fsp3) is 0. The number of guanidine groups is 2. The van der Waals surface area contributed by atoms with Crippen LogP contribution in [0.2, 0.25) is 0 Å². The summed E-state index contributed by atoms with van der Waals surface area (Å²) in [5.74, 6) is -0.562. The molecule has 0 aromatic carbocycles. The molecule has 0 aliphatic rings. The van der Waals surface area contributed by atoms with Gasteiger partial charge in [0.25, 0.3) is 0 Å². The Labute approximate surface area is 77.2 Å². The molecule has 0 heterocycles. The standard InChI is InChI=1S/C2H7N5.3ClH/c3-1(4)7-2(5)6;;;/h(H7,3,4,5,6,7);3*1H. The Balaban J connectivity index is -0.0000000600. The first kappa shape index (κ1) is 22.6. The number of nitrogens with one attached hydrogen (secondary N) is 1. The first-order valence-corrected chi connectivity index (χ1v) is 1.56. The van der Waals surface area contributed by atoms with Gasteiger partial charge in [0.15, 0.2) is 5.96 Å². The number of nitrogens with zero attached hydrogens (tertiary/aromatic N) is 1. The predicted octanol–water partition coefficient (Wildman–Crippen LogP) is -0.581. The first-order valence-electron chi connectivity index (χ1n) is 1.56. The summed E-state index contributed by atoms with van der Waals surface area (Å²) >= 11 is 0. The molecule has 0 radical (unpaired) electrons. The Morgan fingerprint density at radius 1 is 1.00 bits per heavy atom. The summed E-state index contributed by atoms with van der Waals surface area (Å²) in [6, 6.07) is 0. The van der Waals surface area contributed by atoms with Crippen LogP contribution in [0.15, 0.2) is 4.99 Å². The predicted molar refractivity (Wildman–Crippen MR) is 49.5 cm³/mol. The van der Waals surface area contributed by atoms with E-state index in [-0.39, 0.29) is 49.1 Å². The third-order valence-electron chi connectivity index (χ3n) is 0.250. The topological polar surface area (TPSA) is 114 Å². The van der Waals surface area contributed by atoms with Crippen LogP contribution in [0, 0.1) is 5.41 Å². The Bertz CT molecular complexity index is 107. The van der Waals surface area contributed by atoms with E-state index in [1.54, 1.807) is 0 Å². The molecular formula is C2H10Cl3N5. The van der Waals surface area contributed by atoms with E-state index in [2.05, 4.69) is 4.99 Å². The van der Waals surface area contributed by atoms with Gasteiger partial charge in [-0.15, -0.1) is 37.2 Å². The van der Waals surface area contributed by atoms with E-state index in [1.807, 2.05) is 0 Å². The molecule has 0 unspecified atom stereocenters. The van der Waals surface area contributed by atoms with E-state index in [0.717, 1.165) is 0 Å². The van der Waals surface area contributed by atoms with Gasteiger partial charge in [0.05, 0.1) is 0 Å². The second-order valence-electron chi connectivity index (χ2n) is 0.922. The van der Waals surface area contributed by atoms with Gasteiger partial charge in [-0.1, -0.05) is 0 Å². The second-order valence-corrected chi connectivity index (χ2v) is 0.922.